The van der Waals surface area contributed by atoms with Crippen molar-refractivity contribution in [2.24, 2.45) is 0 Å². The van der Waals surface area contributed by atoms with E-state index in [-0.39, 0.29) is 5.82 Å². The van der Waals surface area contributed by atoms with Crippen LogP contribution >= 0.6 is 0 Å². The van der Waals surface area contributed by atoms with Crippen molar-refractivity contribution in [3.05, 3.63) is 47.5 Å². The molecule has 1 aliphatic heterocycles. The molecule has 1 N–H and O–H groups in total. The summed E-state index contributed by atoms with van der Waals surface area (Å²) in [6, 6.07) is 8.39. The molecular weight excluding hydrogens is 283 g/mol. The first-order chi connectivity index (χ1) is 10.7. The van der Waals surface area contributed by atoms with E-state index in [0.717, 1.165) is 49.3 Å². The molecule has 6 heteroatoms. The lowest BCUT2D eigenvalue weighted by atomic mass is 10.2. The second-order valence-electron chi connectivity index (χ2n) is 5.24. The number of morpholine rings is 1. The highest BCUT2D eigenvalue weighted by atomic mass is 19.1. The summed E-state index contributed by atoms with van der Waals surface area (Å²) < 4.78 is 18.3. The first-order valence-electron chi connectivity index (χ1n) is 7.37. The van der Waals surface area contributed by atoms with Crippen molar-refractivity contribution in [2.45, 2.75) is 13.5 Å². The first-order valence-corrected chi connectivity index (χ1v) is 7.37. The van der Waals surface area contributed by atoms with E-state index in [2.05, 4.69) is 20.2 Å². The van der Waals surface area contributed by atoms with Crippen LogP contribution in [0.15, 0.2) is 30.3 Å². The standard InChI is InChI=1S/C16H19FN4O/c1-12-19-15(18-11-13-2-4-14(17)5-3-13)10-16(20-12)21-6-8-22-9-7-21/h2-5,10H,6-9,11H2,1H3,(H,18,19,20). The third-order valence-electron chi connectivity index (χ3n) is 3.55. The maximum absolute atomic E-state index is 12.9. The molecular formula is C16H19FN4O. The summed E-state index contributed by atoms with van der Waals surface area (Å²) >= 11 is 0. The van der Waals surface area contributed by atoms with Gasteiger partial charge in [-0.1, -0.05) is 12.1 Å². The molecule has 0 saturated carbocycles. The number of aromatic nitrogens is 2. The van der Waals surface area contributed by atoms with Crippen LogP contribution in [0.2, 0.25) is 0 Å². The van der Waals surface area contributed by atoms with Crippen LogP contribution in [0.3, 0.4) is 0 Å². The van der Waals surface area contributed by atoms with Gasteiger partial charge in [0.05, 0.1) is 13.2 Å². The number of anilines is 2. The van der Waals surface area contributed by atoms with Gasteiger partial charge in [0.25, 0.3) is 0 Å². The van der Waals surface area contributed by atoms with E-state index >= 15 is 0 Å². The van der Waals surface area contributed by atoms with Gasteiger partial charge in [-0.15, -0.1) is 0 Å². The maximum Gasteiger partial charge on any atom is 0.134 e. The Hall–Kier alpha value is -2.21. The van der Waals surface area contributed by atoms with E-state index in [1.54, 1.807) is 12.1 Å². The monoisotopic (exact) mass is 302 g/mol. The Morgan fingerprint density at radius 2 is 1.91 bits per heavy atom. The molecule has 0 aliphatic carbocycles. The van der Waals surface area contributed by atoms with E-state index in [4.69, 9.17) is 4.74 Å². The summed E-state index contributed by atoms with van der Waals surface area (Å²) in [5.74, 6) is 2.19. The van der Waals surface area contributed by atoms with Crippen molar-refractivity contribution < 1.29 is 9.13 Å². The Kier molecular flexibility index (Phi) is 4.48. The molecule has 0 unspecified atom stereocenters. The lowest BCUT2D eigenvalue weighted by molar-refractivity contribution is 0.122. The summed E-state index contributed by atoms with van der Waals surface area (Å²) in [5.41, 5.74) is 1.01. The molecule has 1 aromatic carbocycles. The van der Waals surface area contributed by atoms with Crippen LogP contribution in [0, 0.1) is 12.7 Å². The molecule has 22 heavy (non-hydrogen) atoms. The quantitative estimate of drug-likeness (QED) is 0.939. The molecule has 1 aliphatic rings. The number of hydrogen-bond donors (Lipinski definition) is 1. The van der Waals surface area contributed by atoms with Gasteiger partial charge in [0.2, 0.25) is 0 Å². The average Bonchev–Trinajstić information content (AvgIpc) is 2.55. The first kappa shape index (κ1) is 14.7. The third kappa shape index (κ3) is 3.71. The molecule has 0 bridgehead atoms. The molecule has 2 aromatic rings. The molecule has 1 fully saturated rings. The van der Waals surface area contributed by atoms with Gasteiger partial charge in [0.1, 0.15) is 23.3 Å². The van der Waals surface area contributed by atoms with Crippen molar-refractivity contribution >= 4 is 11.6 Å². The van der Waals surface area contributed by atoms with Crippen LogP contribution in [0.4, 0.5) is 16.0 Å². The van der Waals surface area contributed by atoms with Crippen LogP contribution in [-0.4, -0.2) is 36.3 Å². The second kappa shape index (κ2) is 6.70. The minimum atomic E-state index is -0.226. The fourth-order valence-electron chi connectivity index (χ4n) is 2.39. The van der Waals surface area contributed by atoms with E-state index in [1.165, 1.54) is 12.1 Å². The van der Waals surface area contributed by atoms with Gasteiger partial charge in [-0.2, -0.15) is 0 Å². The van der Waals surface area contributed by atoms with Gasteiger partial charge in [-0.05, 0) is 24.6 Å². The van der Waals surface area contributed by atoms with Crippen LogP contribution in [0.25, 0.3) is 0 Å². The van der Waals surface area contributed by atoms with Crippen LogP contribution < -0.4 is 10.2 Å². The third-order valence-corrected chi connectivity index (χ3v) is 3.55. The topological polar surface area (TPSA) is 50.3 Å². The van der Waals surface area contributed by atoms with E-state index in [9.17, 15) is 4.39 Å². The SMILES string of the molecule is Cc1nc(NCc2ccc(F)cc2)cc(N2CCOCC2)n1. The zero-order chi connectivity index (χ0) is 15.4. The number of halogens is 1. The molecule has 0 spiro atoms. The normalized spacial score (nSPS) is 14.9. The predicted molar refractivity (Wildman–Crippen MR) is 83.5 cm³/mol. The maximum atomic E-state index is 12.9. The summed E-state index contributed by atoms with van der Waals surface area (Å²) in [6.45, 7) is 5.61. The molecule has 0 amide bonds. The highest BCUT2D eigenvalue weighted by Crippen LogP contribution is 2.17. The Morgan fingerprint density at radius 3 is 2.64 bits per heavy atom. The molecule has 0 radical (unpaired) electrons. The van der Waals surface area contributed by atoms with Gasteiger partial charge in [-0.25, -0.2) is 14.4 Å². The van der Waals surface area contributed by atoms with Crippen molar-refractivity contribution in [1.82, 2.24) is 9.97 Å². The Labute approximate surface area is 129 Å². The molecule has 1 aromatic heterocycles. The summed E-state index contributed by atoms with van der Waals surface area (Å²) in [4.78, 5) is 11.1. The molecule has 3 rings (SSSR count). The highest BCUT2D eigenvalue weighted by Gasteiger charge is 2.14. The summed E-state index contributed by atoms with van der Waals surface area (Å²) in [7, 11) is 0. The molecule has 5 nitrogen and oxygen atoms in total. The number of aryl methyl sites for hydroxylation is 1. The van der Waals surface area contributed by atoms with E-state index < -0.39 is 0 Å². The minimum Gasteiger partial charge on any atom is -0.378 e. The van der Waals surface area contributed by atoms with Crippen molar-refractivity contribution in [3.8, 4) is 0 Å². The van der Waals surface area contributed by atoms with E-state index in [0.29, 0.717) is 6.54 Å². The molecule has 116 valence electrons. The molecule has 2 heterocycles. The molecule has 0 atom stereocenters. The van der Waals surface area contributed by atoms with Gasteiger partial charge in [0.15, 0.2) is 0 Å². The zero-order valence-corrected chi connectivity index (χ0v) is 12.6. The number of benzene rings is 1. The smallest absolute Gasteiger partial charge is 0.134 e. The van der Waals surface area contributed by atoms with Crippen molar-refractivity contribution in [3.63, 3.8) is 0 Å². The van der Waals surface area contributed by atoms with E-state index in [1.807, 2.05) is 13.0 Å². The predicted octanol–water partition coefficient (Wildman–Crippen LogP) is 2.37. The average molecular weight is 302 g/mol. The van der Waals surface area contributed by atoms with Gasteiger partial charge in [-0.3, -0.25) is 0 Å². The van der Waals surface area contributed by atoms with Crippen LogP contribution in [0.5, 0.6) is 0 Å². The molecule has 1 saturated heterocycles. The zero-order valence-electron chi connectivity index (χ0n) is 12.6. The number of hydrogen-bond acceptors (Lipinski definition) is 5. The minimum absolute atomic E-state index is 0.226. The van der Waals surface area contributed by atoms with Crippen molar-refractivity contribution in [2.75, 3.05) is 36.5 Å². The Morgan fingerprint density at radius 1 is 1.18 bits per heavy atom. The second-order valence-corrected chi connectivity index (χ2v) is 5.24. The van der Waals surface area contributed by atoms with Crippen LogP contribution in [-0.2, 0) is 11.3 Å². The fraction of sp³-hybridized carbons (Fsp3) is 0.375. The largest absolute Gasteiger partial charge is 0.378 e. The number of nitrogens with zero attached hydrogens (tertiary/aromatic N) is 3. The Balaban J connectivity index is 1.70. The lowest BCUT2D eigenvalue weighted by Gasteiger charge is -2.28. The fourth-order valence-corrected chi connectivity index (χ4v) is 2.39. The Bertz CT molecular complexity index is 627. The van der Waals surface area contributed by atoms with Crippen LogP contribution in [0.1, 0.15) is 11.4 Å². The van der Waals surface area contributed by atoms with Crippen molar-refractivity contribution in [1.29, 1.82) is 0 Å². The summed E-state index contributed by atoms with van der Waals surface area (Å²) in [5, 5.41) is 3.27. The number of rotatable bonds is 4. The van der Waals surface area contributed by atoms with Gasteiger partial charge < -0.3 is 15.0 Å². The number of ether oxygens (including phenoxy) is 1. The highest BCUT2D eigenvalue weighted by molar-refractivity contribution is 5.50. The van der Waals surface area contributed by atoms with Gasteiger partial charge in [0, 0.05) is 25.7 Å². The lowest BCUT2D eigenvalue weighted by Crippen LogP contribution is -2.37. The summed E-state index contributed by atoms with van der Waals surface area (Å²) in [6.07, 6.45) is 0. The number of nitrogens with one attached hydrogen (secondary N) is 1. The van der Waals surface area contributed by atoms with Gasteiger partial charge >= 0.3 is 0 Å².